The molecule has 3 heteroatoms. The van der Waals surface area contributed by atoms with Crippen molar-refractivity contribution in [3.63, 3.8) is 0 Å². The number of carbonyl (C=O) groups excluding carboxylic acids is 1. The maximum absolute atomic E-state index is 11.1. The van der Waals surface area contributed by atoms with E-state index in [0.717, 1.165) is 19.1 Å². The third-order valence-corrected chi connectivity index (χ3v) is 2.97. The van der Waals surface area contributed by atoms with Crippen LogP contribution in [0.2, 0.25) is 0 Å². The van der Waals surface area contributed by atoms with Crippen LogP contribution in [0.3, 0.4) is 0 Å². The molecule has 19 heavy (non-hydrogen) atoms. The van der Waals surface area contributed by atoms with Crippen molar-refractivity contribution in [2.24, 2.45) is 10.8 Å². The highest BCUT2D eigenvalue weighted by atomic mass is 16.5. The fourth-order valence-corrected chi connectivity index (χ4v) is 2.91. The van der Waals surface area contributed by atoms with E-state index in [1.165, 1.54) is 0 Å². The SMILES string of the molecule is CC(C)(O)COC(C)(C)CC(C)(C)CC(C)(C)C=O. The van der Waals surface area contributed by atoms with Gasteiger partial charge in [0, 0.05) is 5.41 Å². The average Bonchev–Trinajstić information content (AvgIpc) is 2.10. The summed E-state index contributed by atoms with van der Waals surface area (Å²) < 4.78 is 5.84. The van der Waals surface area contributed by atoms with E-state index in [1.807, 2.05) is 27.7 Å². The maximum atomic E-state index is 11.1. The minimum atomic E-state index is -0.816. The molecule has 0 unspecified atom stereocenters. The van der Waals surface area contributed by atoms with Crippen LogP contribution >= 0.6 is 0 Å². The van der Waals surface area contributed by atoms with Crippen LogP contribution in [0.1, 0.15) is 68.2 Å². The minimum absolute atomic E-state index is 0.00745. The Balaban J connectivity index is 4.58. The first-order valence-corrected chi connectivity index (χ1v) is 7.01. The van der Waals surface area contributed by atoms with Crippen LogP contribution in [0.5, 0.6) is 0 Å². The van der Waals surface area contributed by atoms with Crippen molar-refractivity contribution in [2.75, 3.05) is 6.61 Å². The molecule has 0 aliphatic rings. The summed E-state index contributed by atoms with van der Waals surface area (Å²) in [6.45, 7) is 16.1. The van der Waals surface area contributed by atoms with Crippen LogP contribution < -0.4 is 0 Å². The molecule has 114 valence electrons. The van der Waals surface area contributed by atoms with Gasteiger partial charge in [-0.15, -0.1) is 0 Å². The smallest absolute Gasteiger partial charge is 0.125 e. The normalized spacial score (nSPS) is 14.6. The van der Waals surface area contributed by atoms with Crippen LogP contribution in [0, 0.1) is 10.8 Å². The van der Waals surface area contributed by atoms with Crippen molar-refractivity contribution in [1.29, 1.82) is 0 Å². The molecule has 0 rings (SSSR count). The number of hydrogen-bond acceptors (Lipinski definition) is 3. The van der Waals surface area contributed by atoms with Gasteiger partial charge < -0.3 is 14.6 Å². The molecule has 0 saturated heterocycles. The van der Waals surface area contributed by atoms with E-state index in [4.69, 9.17) is 4.74 Å². The number of carbonyl (C=O) groups is 1. The highest BCUT2D eigenvalue weighted by Gasteiger charge is 2.35. The molecular formula is C16H32O3. The maximum Gasteiger partial charge on any atom is 0.125 e. The molecule has 0 heterocycles. The second-order valence-electron chi connectivity index (χ2n) is 8.49. The van der Waals surface area contributed by atoms with E-state index < -0.39 is 5.60 Å². The van der Waals surface area contributed by atoms with Crippen LogP contribution in [0.15, 0.2) is 0 Å². The zero-order valence-electron chi connectivity index (χ0n) is 14.0. The monoisotopic (exact) mass is 272 g/mol. The Morgan fingerprint density at radius 1 is 0.947 bits per heavy atom. The van der Waals surface area contributed by atoms with E-state index >= 15 is 0 Å². The Bertz CT molecular complexity index is 296. The van der Waals surface area contributed by atoms with Gasteiger partial charge in [0.2, 0.25) is 0 Å². The Hall–Kier alpha value is -0.410. The molecule has 3 nitrogen and oxygen atoms in total. The summed E-state index contributed by atoms with van der Waals surface area (Å²) in [5.74, 6) is 0. The molecular weight excluding hydrogens is 240 g/mol. The fraction of sp³-hybridized carbons (Fsp3) is 0.938. The predicted molar refractivity (Wildman–Crippen MR) is 79.2 cm³/mol. The highest BCUT2D eigenvalue weighted by molar-refractivity contribution is 5.57. The second-order valence-corrected chi connectivity index (χ2v) is 8.49. The first-order chi connectivity index (χ1) is 8.18. The first kappa shape index (κ1) is 18.6. The Morgan fingerprint density at radius 3 is 1.79 bits per heavy atom. The molecule has 0 aliphatic carbocycles. The molecule has 0 fully saturated rings. The molecule has 0 atom stereocenters. The molecule has 0 aliphatic heterocycles. The van der Waals surface area contributed by atoms with Gasteiger partial charge in [0.05, 0.1) is 17.8 Å². The topological polar surface area (TPSA) is 46.5 Å². The highest BCUT2D eigenvalue weighted by Crippen LogP contribution is 2.39. The van der Waals surface area contributed by atoms with Gasteiger partial charge in [-0.2, -0.15) is 0 Å². The lowest BCUT2D eigenvalue weighted by Gasteiger charge is -2.39. The van der Waals surface area contributed by atoms with Crippen molar-refractivity contribution >= 4 is 6.29 Å². The summed E-state index contributed by atoms with van der Waals surface area (Å²) in [5.41, 5.74) is -1.44. The molecule has 0 bridgehead atoms. The molecule has 0 radical (unpaired) electrons. The lowest BCUT2D eigenvalue weighted by molar-refractivity contribution is -0.120. The average molecular weight is 272 g/mol. The van der Waals surface area contributed by atoms with Crippen LogP contribution in [0.4, 0.5) is 0 Å². The standard InChI is InChI=1S/C16H32O3/c1-13(2,9-14(3,4)11-17)10-16(7,8)19-12-15(5,6)18/h11,18H,9-10,12H2,1-8H3. The van der Waals surface area contributed by atoms with E-state index in [9.17, 15) is 9.90 Å². The van der Waals surface area contributed by atoms with E-state index in [2.05, 4.69) is 13.8 Å². The minimum Gasteiger partial charge on any atom is -0.388 e. The Labute approximate surface area is 118 Å². The predicted octanol–water partition coefficient (Wildman–Crippen LogP) is 3.58. The van der Waals surface area contributed by atoms with E-state index in [-0.39, 0.29) is 16.4 Å². The van der Waals surface area contributed by atoms with Crippen molar-refractivity contribution in [1.82, 2.24) is 0 Å². The van der Waals surface area contributed by atoms with Gasteiger partial charge in [-0.05, 0) is 46.0 Å². The Kier molecular flexibility index (Phi) is 5.80. The third kappa shape index (κ3) is 9.17. The van der Waals surface area contributed by atoms with Crippen LogP contribution in [0.25, 0.3) is 0 Å². The number of hydrogen-bond donors (Lipinski definition) is 1. The molecule has 0 aromatic heterocycles. The van der Waals surface area contributed by atoms with Gasteiger partial charge in [-0.1, -0.05) is 27.7 Å². The van der Waals surface area contributed by atoms with Gasteiger partial charge in [0.25, 0.3) is 0 Å². The molecule has 0 aromatic rings. The Morgan fingerprint density at radius 2 is 1.42 bits per heavy atom. The quantitative estimate of drug-likeness (QED) is 0.687. The molecule has 1 N–H and O–H groups in total. The van der Waals surface area contributed by atoms with Crippen molar-refractivity contribution < 1.29 is 14.6 Å². The lowest BCUT2D eigenvalue weighted by atomic mass is 9.71. The summed E-state index contributed by atoms with van der Waals surface area (Å²) in [6.07, 6.45) is 2.69. The summed E-state index contributed by atoms with van der Waals surface area (Å²) in [5, 5.41) is 9.73. The van der Waals surface area contributed by atoms with E-state index in [1.54, 1.807) is 13.8 Å². The first-order valence-electron chi connectivity index (χ1n) is 7.01. The van der Waals surface area contributed by atoms with Crippen molar-refractivity contribution in [2.45, 2.75) is 79.4 Å². The summed E-state index contributed by atoms with van der Waals surface area (Å²) in [4.78, 5) is 11.1. The molecule has 0 saturated carbocycles. The summed E-state index contributed by atoms with van der Waals surface area (Å²) >= 11 is 0. The van der Waals surface area contributed by atoms with Gasteiger partial charge >= 0.3 is 0 Å². The zero-order chi connectivity index (χ0) is 15.5. The molecule has 0 aromatic carbocycles. The van der Waals surface area contributed by atoms with Gasteiger partial charge in [-0.25, -0.2) is 0 Å². The summed E-state index contributed by atoms with van der Waals surface area (Å²) in [7, 11) is 0. The van der Waals surface area contributed by atoms with Crippen molar-refractivity contribution in [3.05, 3.63) is 0 Å². The zero-order valence-corrected chi connectivity index (χ0v) is 14.0. The number of aliphatic hydroxyl groups is 1. The number of rotatable bonds is 8. The fourth-order valence-electron chi connectivity index (χ4n) is 2.91. The van der Waals surface area contributed by atoms with Crippen molar-refractivity contribution in [3.8, 4) is 0 Å². The largest absolute Gasteiger partial charge is 0.388 e. The van der Waals surface area contributed by atoms with E-state index in [0.29, 0.717) is 6.61 Å². The lowest BCUT2D eigenvalue weighted by Crippen LogP contribution is -2.38. The van der Waals surface area contributed by atoms with Crippen LogP contribution in [-0.2, 0) is 9.53 Å². The van der Waals surface area contributed by atoms with Gasteiger partial charge in [-0.3, -0.25) is 0 Å². The van der Waals surface area contributed by atoms with Gasteiger partial charge in [0.1, 0.15) is 6.29 Å². The third-order valence-electron chi connectivity index (χ3n) is 2.97. The molecule has 0 amide bonds. The summed E-state index contributed by atoms with van der Waals surface area (Å²) in [6, 6.07) is 0. The molecule has 0 spiro atoms. The number of ether oxygens (including phenoxy) is 1. The second kappa shape index (κ2) is 5.92. The van der Waals surface area contributed by atoms with Gasteiger partial charge in [0.15, 0.2) is 0 Å². The van der Waals surface area contributed by atoms with Crippen LogP contribution in [-0.4, -0.2) is 29.2 Å². The number of aldehydes is 1.